The summed E-state index contributed by atoms with van der Waals surface area (Å²) in [7, 11) is -5.57. The van der Waals surface area contributed by atoms with E-state index >= 15 is 0 Å². The van der Waals surface area contributed by atoms with Crippen LogP contribution in [0.25, 0.3) is 0 Å². The molecule has 9 heteroatoms. The van der Waals surface area contributed by atoms with Crippen molar-refractivity contribution in [3.05, 3.63) is 9.66 Å². The molecule has 0 saturated carbocycles. The van der Waals surface area contributed by atoms with Crippen LogP contribution >= 0.6 is 22.6 Å². The third kappa shape index (κ3) is 4.11. The van der Waals surface area contributed by atoms with E-state index < -0.39 is 28.8 Å². The summed E-state index contributed by atoms with van der Waals surface area (Å²) in [6.45, 7) is -1.36. The molecule has 0 aromatic heterocycles. The quantitative estimate of drug-likeness (QED) is 0.472. The summed E-state index contributed by atoms with van der Waals surface area (Å²) in [5, 5.41) is 8.50. The molecule has 4 nitrogen and oxygen atoms in total. The molecule has 1 N–H and O–H groups in total. The van der Waals surface area contributed by atoms with E-state index in [1.165, 1.54) is 4.08 Å². The molecule has 0 aliphatic heterocycles. The summed E-state index contributed by atoms with van der Waals surface area (Å²) < 4.78 is 60.6. The molecule has 0 radical (unpaired) electrons. The fraction of sp³-hybridized carbons (Fsp3) is 0.600. The summed E-state index contributed by atoms with van der Waals surface area (Å²) in [6.07, 6.45) is 0. The molecule has 0 aromatic carbocycles. The minimum Gasteiger partial charge on any atom is -0.392 e. The van der Waals surface area contributed by atoms with Gasteiger partial charge in [0.05, 0.1) is 13.2 Å². The number of halogens is 4. The van der Waals surface area contributed by atoms with Crippen molar-refractivity contribution in [2.45, 2.75) is 5.51 Å². The standard InChI is InChI=1S/C5H6F3IO4S/c6-5(7,8)14(11,12)13-3-4(1-9)2-10/h1,10H,2-3H2/b4-1-. The van der Waals surface area contributed by atoms with Crippen molar-refractivity contribution in [1.82, 2.24) is 0 Å². The number of aliphatic hydroxyl groups is 1. The summed E-state index contributed by atoms with van der Waals surface area (Å²) in [4.78, 5) is 0. The van der Waals surface area contributed by atoms with Crippen LogP contribution in [0.1, 0.15) is 0 Å². The Morgan fingerprint density at radius 3 is 2.29 bits per heavy atom. The van der Waals surface area contributed by atoms with Gasteiger partial charge in [0.1, 0.15) is 0 Å². The molecule has 0 unspecified atom stereocenters. The lowest BCUT2D eigenvalue weighted by molar-refractivity contribution is -0.0537. The van der Waals surface area contributed by atoms with Gasteiger partial charge in [-0.1, -0.05) is 22.6 Å². The van der Waals surface area contributed by atoms with Crippen molar-refractivity contribution in [3.63, 3.8) is 0 Å². The Hall–Kier alpha value is 0.130. The molecule has 14 heavy (non-hydrogen) atoms. The SMILES string of the molecule is O=S(=O)(OC/C(=C\I)CO)C(F)(F)F. The maximum atomic E-state index is 11.7. The monoisotopic (exact) mass is 346 g/mol. The minimum absolute atomic E-state index is 0.0402. The highest BCUT2D eigenvalue weighted by Gasteiger charge is 2.47. The molecule has 0 atom stereocenters. The van der Waals surface area contributed by atoms with Gasteiger partial charge in [-0.25, -0.2) is 0 Å². The Balaban J connectivity index is 4.43. The molecule has 0 rings (SSSR count). The average molecular weight is 346 g/mol. The fourth-order valence-corrected chi connectivity index (χ4v) is 1.15. The van der Waals surface area contributed by atoms with Crippen molar-refractivity contribution in [3.8, 4) is 0 Å². The second-order valence-electron chi connectivity index (χ2n) is 2.09. The number of aliphatic hydroxyl groups excluding tert-OH is 1. The maximum Gasteiger partial charge on any atom is 0.523 e. The van der Waals surface area contributed by atoms with Gasteiger partial charge < -0.3 is 5.11 Å². The first kappa shape index (κ1) is 14.1. The normalized spacial score (nSPS) is 14.5. The maximum absolute atomic E-state index is 11.7. The van der Waals surface area contributed by atoms with Crippen LogP contribution in [-0.2, 0) is 14.3 Å². The largest absolute Gasteiger partial charge is 0.523 e. The van der Waals surface area contributed by atoms with Crippen molar-refractivity contribution in [2.75, 3.05) is 13.2 Å². The van der Waals surface area contributed by atoms with Crippen molar-refractivity contribution in [1.29, 1.82) is 0 Å². The zero-order chi connectivity index (χ0) is 11.4. The van der Waals surface area contributed by atoms with Crippen LogP contribution in [0.4, 0.5) is 13.2 Å². The molecule has 0 amide bonds. The van der Waals surface area contributed by atoms with Gasteiger partial charge in [-0.2, -0.15) is 21.6 Å². The van der Waals surface area contributed by atoms with Gasteiger partial charge in [0, 0.05) is 0 Å². The summed E-state index contributed by atoms with van der Waals surface area (Å²) in [5.74, 6) is 0. The average Bonchev–Trinajstić information content (AvgIpc) is 2.04. The Kier molecular flexibility index (Phi) is 5.33. The highest BCUT2D eigenvalue weighted by atomic mass is 127. The number of hydrogen-bond acceptors (Lipinski definition) is 4. The Labute approximate surface area is 92.0 Å². The van der Waals surface area contributed by atoms with Crippen LogP contribution in [0.5, 0.6) is 0 Å². The van der Waals surface area contributed by atoms with Crippen molar-refractivity contribution < 1.29 is 30.9 Å². The van der Waals surface area contributed by atoms with Crippen LogP contribution in [0, 0.1) is 0 Å². The second kappa shape index (κ2) is 5.28. The van der Waals surface area contributed by atoms with Gasteiger partial charge in [0.2, 0.25) is 0 Å². The minimum atomic E-state index is -5.57. The highest BCUT2D eigenvalue weighted by molar-refractivity contribution is 14.1. The van der Waals surface area contributed by atoms with Gasteiger partial charge in [-0.15, -0.1) is 0 Å². The number of hydrogen-bond donors (Lipinski definition) is 1. The first-order valence-corrected chi connectivity index (χ1v) is 5.74. The van der Waals surface area contributed by atoms with E-state index in [-0.39, 0.29) is 5.57 Å². The lowest BCUT2D eigenvalue weighted by Crippen LogP contribution is -2.26. The third-order valence-corrected chi connectivity index (χ3v) is 2.92. The summed E-state index contributed by atoms with van der Waals surface area (Å²) in [6, 6.07) is 0. The number of rotatable bonds is 4. The molecular weight excluding hydrogens is 340 g/mol. The third-order valence-electron chi connectivity index (χ3n) is 1.04. The second-order valence-corrected chi connectivity index (χ2v) is 4.32. The van der Waals surface area contributed by atoms with Crippen LogP contribution in [0.15, 0.2) is 9.66 Å². The highest BCUT2D eigenvalue weighted by Crippen LogP contribution is 2.24. The molecule has 0 fully saturated rings. The van der Waals surface area contributed by atoms with Crippen molar-refractivity contribution >= 4 is 32.7 Å². The van der Waals surface area contributed by atoms with Gasteiger partial charge in [0.25, 0.3) is 0 Å². The molecule has 0 saturated heterocycles. The van der Waals surface area contributed by atoms with Crippen molar-refractivity contribution in [2.24, 2.45) is 0 Å². The van der Waals surface area contributed by atoms with E-state index in [1.807, 2.05) is 0 Å². The van der Waals surface area contributed by atoms with Crippen LogP contribution in [0.3, 0.4) is 0 Å². The zero-order valence-corrected chi connectivity index (χ0v) is 9.56. The van der Waals surface area contributed by atoms with E-state index in [1.54, 1.807) is 22.6 Å². The first-order chi connectivity index (χ1) is 6.24. The molecular formula is C5H6F3IO4S. The van der Waals surface area contributed by atoms with Crippen LogP contribution < -0.4 is 0 Å². The molecule has 84 valence electrons. The van der Waals surface area contributed by atoms with E-state index in [0.717, 1.165) is 0 Å². The molecule has 0 heterocycles. The van der Waals surface area contributed by atoms with Crippen LogP contribution in [-0.4, -0.2) is 32.2 Å². The summed E-state index contributed by atoms with van der Waals surface area (Å²) >= 11 is 1.64. The van der Waals surface area contributed by atoms with E-state index in [4.69, 9.17) is 5.11 Å². The number of alkyl halides is 3. The fourth-order valence-electron chi connectivity index (χ4n) is 0.332. The first-order valence-electron chi connectivity index (χ1n) is 3.09. The van der Waals surface area contributed by atoms with Gasteiger partial charge in [-0.3, -0.25) is 4.18 Å². The van der Waals surface area contributed by atoms with Gasteiger partial charge >= 0.3 is 15.6 Å². The van der Waals surface area contributed by atoms with Crippen LogP contribution in [0.2, 0.25) is 0 Å². The smallest absolute Gasteiger partial charge is 0.392 e. The lowest BCUT2D eigenvalue weighted by atomic mass is 10.4. The van der Waals surface area contributed by atoms with Gasteiger partial charge in [-0.05, 0) is 9.66 Å². The lowest BCUT2D eigenvalue weighted by Gasteiger charge is -2.08. The zero-order valence-electron chi connectivity index (χ0n) is 6.58. The molecule has 0 aromatic rings. The topological polar surface area (TPSA) is 63.6 Å². The predicted octanol–water partition coefficient (Wildman–Crippen LogP) is 1.16. The molecule has 0 bridgehead atoms. The van der Waals surface area contributed by atoms with Gasteiger partial charge in [0.15, 0.2) is 0 Å². The molecule has 0 aliphatic carbocycles. The Morgan fingerprint density at radius 1 is 1.50 bits per heavy atom. The predicted molar refractivity (Wildman–Crippen MR) is 50.1 cm³/mol. The summed E-state index contributed by atoms with van der Waals surface area (Å²) in [5.41, 5.74) is -5.39. The van der Waals surface area contributed by atoms with E-state index in [0.29, 0.717) is 0 Å². The Bertz CT molecular complexity index is 307. The Morgan fingerprint density at radius 2 is 2.00 bits per heavy atom. The van der Waals surface area contributed by atoms with E-state index in [2.05, 4.69) is 4.18 Å². The molecule has 0 aliphatic rings. The molecule has 0 spiro atoms. The van der Waals surface area contributed by atoms with E-state index in [9.17, 15) is 21.6 Å².